The van der Waals surface area contributed by atoms with Crippen LogP contribution < -0.4 is 444 Å². The first-order valence-electron chi connectivity index (χ1n) is 3.20. The van der Waals surface area contributed by atoms with Crippen molar-refractivity contribution in [3.8, 4) is 0 Å². The number of hydrogen-bond donors (Lipinski definition) is 0. The van der Waals surface area contributed by atoms with E-state index in [1.165, 1.54) is 0 Å². The van der Waals surface area contributed by atoms with E-state index in [-0.39, 0.29) is 413 Å². The predicted octanol–water partition coefficient (Wildman–Crippen LogP) is -28.5. The van der Waals surface area contributed by atoms with Gasteiger partial charge >= 0.3 is 413 Å². The van der Waals surface area contributed by atoms with E-state index in [0.717, 1.165) is 0 Å². The van der Waals surface area contributed by atoms with E-state index >= 15 is 0 Å². The van der Waals surface area contributed by atoms with Gasteiger partial charge in [-0.05, 0) is 0 Å². The Morgan fingerprint density at radius 2 is 0.333 bits per heavy atom. The molecule has 0 fully saturated rings. The summed E-state index contributed by atoms with van der Waals surface area (Å²) in [5.74, 6) is -13.1. The van der Waals surface area contributed by atoms with Crippen molar-refractivity contribution in [3.05, 3.63) is 0 Å². The molecule has 0 amide bonds. The SMILES string of the molecule is O=C([O-])C(=O)[O-].O=C([O-])C(=O)[O-].O=C([O-])C(=O)[O-].[Cs+].[Cs+].[Cs+].[Cs+].[Cs+].[Cs+]. The molecule has 0 rings (SSSR count). The summed E-state index contributed by atoms with van der Waals surface area (Å²) >= 11 is 0. The number of carboxylic acid groups (broad SMARTS) is 6. The predicted molar refractivity (Wildman–Crippen MR) is 30.0 cm³/mol. The minimum absolute atomic E-state index is 0. The number of hydrogen-bond acceptors (Lipinski definition) is 12. The van der Waals surface area contributed by atoms with Gasteiger partial charge in [-0.15, -0.1) is 0 Å². The first kappa shape index (κ1) is 58.7. The van der Waals surface area contributed by atoms with Crippen molar-refractivity contribution in [1.82, 2.24) is 0 Å². The maximum atomic E-state index is 8.93. The smallest absolute Gasteiger partial charge is 0.543 e. The van der Waals surface area contributed by atoms with Crippen LogP contribution in [0, 0.1) is 0 Å². The zero-order chi connectivity index (χ0) is 15.5. The van der Waals surface area contributed by atoms with Gasteiger partial charge in [-0.25, -0.2) is 0 Å². The Balaban J connectivity index is -0.0000000179. The summed E-state index contributed by atoms with van der Waals surface area (Å²) in [5, 5.41) is 53.6. The van der Waals surface area contributed by atoms with Gasteiger partial charge < -0.3 is 59.4 Å². The standard InChI is InChI=1S/3C2H2O4.6Cs/c3*3-1(4)2(5)6;;;;;;/h3*(H,3,4)(H,5,6);;;;;;/q;;;6*+1/p-6. The molecule has 0 aromatic rings. The van der Waals surface area contributed by atoms with Gasteiger partial charge in [0.2, 0.25) is 0 Å². The van der Waals surface area contributed by atoms with Crippen LogP contribution in [-0.4, -0.2) is 35.8 Å². The van der Waals surface area contributed by atoms with Gasteiger partial charge in [-0.3, -0.25) is 0 Å². The molecule has 0 unspecified atom stereocenters. The van der Waals surface area contributed by atoms with Crippen molar-refractivity contribution < 1.29 is 473 Å². The minimum Gasteiger partial charge on any atom is -0.543 e. The van der Waals surface area contributed by atoms with Crippen molar-refractivity contribution in [1.29, 1.82) is 0 Å². The minimum atomic E-state index is -2.19. The van der Waals surface area contributed by atoms with Crippen LogP contribution in [0.15, 0.2) is 0 Å². The molecule has 0 N–H and O–H groups in total. The monoisotopic (exact) mass is 1060 g/mol. The summed E-state index contributed by atoms with van der Waals surface area (Å²) in [4.78, 5) is 53.6. The fourth-order valence-electron chi connectivity index (χ4n) is 0. The Hall–Kier alpha value is 9.13. The normalized spacial score (nSPS) is 5.50. The van der Waals surface area contributed by atoms with Crippen LogP contribution in [0.3, 0.4) is 0 Å². The molecule has 0 saturated carbocycles. The number of carboxylic acids is 6. The molecule has 102 valence electrons. The first-order valence-corrected chi connectivity index (χ1v) is 3.20. The van der Waals surface area contributed by atoms with E-state index in [1.54, 1.807) is 0 Å². The maximum Gasteiger partial charge on any atom is 1.00 e. The third kappa shape index (κ3) is 63.3. The summed E-state index contributed by atoms with van der Waals surface area (Å²) in [6.45, 7) is 0. The summed E-state index contributed by atoms with van der Waals surface area (Å²) < 4.78 is 0. The molecule has 0 radical (unpaired) electrons. The van der Waals surface area contributed by atoms with Crippen molar-refractivity contribution in [3.63, 3.8) is 0 Å². The van der Waals surface area contributed by atoms with Gasteiger partial charge in [0.1, 0.15) is 0 Å². The summed E-state index contributed by atoms with van der Waals surface area (Å²) in [7, 11) is 0. The Morgan fingerprint density at radius 3 is 0.333 bits per heavy atom. The van der Waals surface area contributed by atoms with Gasteiger partial charge in [0.25, 0.3) is 0 Å². The molecular weight excluding hydrogens is 1060 g/mol. The first-order chi connectivity index (χ1) is 7.93. The topological polar surface area (TPSA) is 241 Å². The summed E-state index contributed by atoms with van der Waals surface area (Å²) in [6.07, 6.45) is 0. The maximum absolute atomic E-state index is 8.93. The second-order valence-corrected chi connectivity index (χ2v) is 1.72. The summed E-state index contributed by atoms with van der Waals surface area (Å²) in [5.41, 5.74) is 0. The Morgan fingerprint density at radius 1 is 0.292 bits per heavy atom. The van der Waals surface area contributed by atoms with Gasteiger partial charge in [0.05, 0.1) is 35.8 Å². The van der Waals surface area contributed by atoms with Crippen LogP contribution in [-0.2, 0) is 28.8 Å². The average molecular weight is 1060 g/mol. The van der Waals surface area contributed by atoms with Crippen LogP contribution in [0.5, 0.6) is 0 Å². The number of aliphatic carboxylic acids is 6. The van der Waals surface area contributed by atoms with E-state index in [9.17, 15) is 0 Å². The molecule has 24 heavy (non-hydrogen) atoms. The van der Waals surface area contributed by atoms with E-state index < -0.39 is 35.8 Å². The molecule has 0 heterocycles. The second-order valence-electron chi connectivity index (χ2n) is 1.72. The van der Waals surface area contributed by atoms with E-state index in [2.05, 4.69) is 0 Å². The van der Waals surface area contributed by atoms with Crippen LogP contribution in [0.25, 0.3) is 0 Å². The van der Waals surface area contributed by atoms with Crippen molar-refractivity contribution in [2.45, 2.75) is 0 Å². The third-order valence-electron chi connectivity index (χ3n) is 0.500. The van der Waals surface area contributed by atoms with Gasteiger partial charge in [-0.1, -0.05) is 0 Å². The molecule has 0 bridgehead atoms. The van der Waals surface area contributed by atoms with Crippen molar-refractivity contribution in [2.75, 3.05) is 0 Å². The Labute approximate surface area is 488 Å². The fraction of sp³-hybridized carbons (Fsp3) is 0. The van der Waals surface area contributed by atoms with Crippen molar-refractivity contribution in [2.24, 2.45) is 0 Å². The molecule has 18 heteroatoms. The number of carbonyl (C=O) groups excluding carboxylic acids is 6. The molecule has 0 aromatic heterocycles. The van der Waals surface area contributed by atoms with E-state index in [0.29, 0.717) is 0 Å². The van der Waals surface area contributed by atoms with E-state index in [1.807, 2.05) is 0 Å². The van der Waals surface area contributed by atoms with Gasteiger partial charge in [0, 0.05) is 0 Å². The molecule has 12 nitrogen and oxygen atoms in total. The van der Waals surface area contributed by atoms with Crippen LogP contribution in [0.1, 0.15) is 0 Å². The Bertz CT molecular complexity index is 291. The molecule has 0 aliphatic heterocycles. The molecule has 0 aliphatic rings. The van der Waals surface area contributed by atoms with Crippen LogP contribution in [0.2, 0.25) is 0 Å². The zero-order valence-electron chi connectivity index (χ0n) is 13.9. The molecule has 0 aliphatic carbocycles. The Kier molecular flexibility index (Phi) is 104. The quantitative estimate of drug-likeness (QED) is 0.206. The fourth-order valence-corrected chi connectivity index (χ4v) is 0. The van der Waals surface area contributed by atoms with Gasteiger partial charge in [-0.2, -0.15) is 0 Å². The molecule has 0 spiro atoms. The van der Waals surface area contributed by atoms with Crippen molar-refractivity contribution >= 4 is 35.8 Å². The summed E-state index contributed by atoms with van der Waals surface area (Å²) in [6, 6.07) is 0. The third-order valence-corrected chi connectivity index (χ3v) is 0.500. The molecule has 0 atom stereocenters. The molecule has 0 saturated heterocycles. The molecule has 0 aromatic carbocycles. The van der Waals surface area contributed by atoms with Gasteiger partial charge in [0.15, 0.2) is 0 Å². The number of rotatable bonds is 0. The number of carbonyl (C=O) groups is 6. The van der Waals surface area contributed by atoms with Crippen LogP contribution >= 0.6 is 0 Å². The van der Waals surface area contributed by atoms with Crippen LogP contribution in [0.4, 0.5) is 0 Å². The second kappa shape index (κ2) is 42.3. The largest absolute Gasteiger partial charge is 1.00 e. The zero-order valence-corrected chi connectivity index (χ0v) is 51.6. The molecular formula is C6Cs6O12. The van der Waals surface area contributed by atoms with E-state index in [4.69, 9.17) is 59.4 Å². The average Bonchev–Trinajstić information content (AvgIpc) is 2.18.